The van der Waals surface area contributed by atoms with Crippen LogP contribution in [-0.4, -0.2) is 31.1 Å². The van der Waals surface area contributed by atoms with Gasteiger partial charge in [-0.2, -0.15) is 0 Å². The molecule has 0 radical (unpaired) electrons. The number of aromatic nitrogens is 1. The molecule has 0 aliphatic rings. The summed E-state index contributed by atoms with van der Waals surface area (Å²) in [5.41, 5.74) is 1.71. The lowest BCUT2D eigenvalue weighted by Gasteiger charge is -2.10. The second kappa shape index (κ2) is 6.50. The number of esters is 2. The average Bonchev–Trinajstić information content (AvgIpc) is 2.65. The normalized spacial score (nSPS) is 10.4. The van der Waals surface area contributed by atoms with Crippen LogP contribution >= 0.6 is 0 Å². The van der Waals surface area contributed by atoms with Crippen LogP contribution in [0.5, 0.6) is 0 Å². The lowest BCUT2D eigenvalue weighted by Crippen LogP contribution is -2.11. The molecule has 0 saturated heterocycles. The highest BCUT2D eigenvalue weighted by molar-refractivity contribution is 6.00. The number of nitrogens with zero attached hydrogens (tertiary/aromatic N) is 1. The molecule has 2 aromatic carbocycles. The Morgan fingerprint density at radius 3 is 2.04 bits per heavy atom. The molecule has 0 atom stereocenters. The molecule has 0 spiro atoms. The Morgan fingerprint density at radius 2 is 1.42 bits per heavy atom. The van der Waals surface area contributed by atoms with Crippen LogP contribution in [0.25, 0.3) is 21.9 Å². The molecule has 0 aliphatic carbocycles. The molecule has 1 heterocycles. The van der Waals surface area contributed by atoms with E-state index in [2.05, 4.69) is 4.98 Å². The molecule has 24 heavy (non-hydrogen) atoms. The Labute approximate surface area is 138 Å². The SMILES string of the molecule is COC(=O)c1cc(-c2cccc3ccccc23)cc(C(=O)OC)n1. The van der Waals surface area contributed by atoms with E-state index < -0.39 is 11.9 Å². The largest absolute Gasteiger partial charge is 0.464 e. The van der Waals surface area contributed by atoms with Gasteiger partial charge in [0.15, 0.2) is 0 Å². The summed E-state index contributed by atoms with van der Waals surface area (Å²) in [5.74, 6) is -1.22. The number of hydrogen-bond acceptors (Lipinski definition) is 5. The van der Waals surface area contributed by atoms with Crippen LogP contribution < -0.4 is 0 Å². The molecule has 0 fully saturated rings. The van der Waals surface area contributed by atoms with Gasteiger partial charge in [0.2, 0.25) is 0 Å². The second-order valence-electron chi connectivity index (χ2n) is 5.14. The van der Waals surface area contributed by atoms with Crippen molar-refractivity contribution in [3.05, 3.63) is 66.0 Å². The molecule has 120 valence electrons. The Bertz CT molecular complexity index is 894. The Morgan fingerprint density at radius 1 is 0.833 bits per heavy atom. The lowest BCUT2D eigenvalue weighted by molar-refractivity contribution is 0.0586. The van der Waals surface area contributed by atoms with Crippen molar-refractivity contribution in [1.82, 2.24) is 4.98 Å². The monoisotopic (exact) mass is 321 g/mol. The number of hydrogen-bond donors (Lipinski definition) is 0. The van der Waals surface area contributed by atoms with Gasteiger partial charge in [0.05, 0.1) is 14.2 Å². The molecule has 5 heteroatoms. The van der Waals surface area contributed by atoms with Crippen LogP contribution in [0.15, 0.2) is 54.6 Å². The molecule has 1 aromatic heterocycles. The van der Waals surface area contributed by atoms with E-state index in [0.29, 0.717) is 5.56 Å². The minimum Gasteiger partial charge on any atom is -0.464 e. The van der Waals surface area contributed by atoms with Gasteiger partial charge in [-0.05, 0) is 34.0 Å². The molecular weight excluding hydrogens is 306 g/mol. The van der Waals surface area contributed by atoms with Crippen LogP contribution in [0.1, 0.15) is 21.0 Å². The summed E-state index contributed by atoms with van der Waals surface area (Å²) in [4.78, 5) is 27.8. The minimum absolute atomic E-state index is 0.0586. The molecule has 3 rings (SSSR count). The number of pyridine rings is 1. The first-order chi connectivity index (χ1) is 11.6. The zero-order chi connectivity index (χ0) is 17.1. The van der Waals surface area contributed by atoms with Gasteiger partial charge in [-0.1, -0.05) is 42.5 Å². The lowest BCUT2D eigenvalue weighted by atomic mass is 9.98. The van der Waals surface area contributed by atoms with Gasteiger partial charge < -0.3 is 9.47 Å². The first-order valence-corrected chi connectivity index (χ1v) is 7.31. The maximum absolute atomic E-state index is 11.9. The first kappa shape index (κ1) is 15.7. The Balaban J connectivity index is 2.26. The highest BCUT2D eigenvalue weighted by atomic mass is 16.5. The summed E-state index contributed by atoms with van der Waals surface area (Å²) in [5, 5.41) is 2.07. The topological polar surface area (TPSA) is 65.5 Å². The second-order valence-corrected chi connectivity index (χ2v) is 5.14. The van der Waals surface area contributed by atoms with Crippen LogP contribution in [0.3, 0.4) is 0 Å². The third-order valence-corrected chi connectivity index (χ3v) is 3.72. The summed E-state index contributed by atoms with van der Waals surface area (Å²) in [7, 11) is 2.54. The third kappa shape index (κ3) is 2.84. The first-order valence-electron chi connectivity index (χ1n) is 7.31. The van der Waals surface area contributed by atoms with Crippen molar-refractivity contribution in [2.45, 2.75) is 0 Å². The summed E-state index contributed by atoms with van der Waals surface area (Å²) in [6, 6.07) is 17.0. The van der Waals surface area contributed by atoms with E-state index in [0.717, 1.165) is 16.3 Å². The van der Waals surface area contributed by atoms with Gasteiger partial charge in [-0.3, -0.25) is 0 Å². The maximum Gasteiger partial charge on any atom is 0.356 e. The predicted molar refractivity (Wildman–Crippen MR) is 89.9 cm³/mol. The Hall–Kier alpha value is -3.21. The zero-order valence-corrected chi connectivity index (χ0v) is 13.3. The number of carbonyl (C=O) groups excluding carboxylic acids is 2. The van der Waals surface area contributed by atoms with Crippen molar-refractivity contribution in [2.75, 3.05) is 14.2 Å². The molecule has 0 N–H and O–H groups in total. The standard InChI is InChI=1S/C19H15NO4/c1-23-18(21)16-10-13(11-17(20-16)19(22)24-2)15-9-5-7-12-6-3-4-8-14(12)15/h3-11H,1-2H3. The smallest absolute Gasteiger partial charge is 0.356 e. The number of rotatable bonds is 3. The summed E-state index contributed by atoms with van der Waals surface area (Å²) < 4.78 is 9.46. The predicted octanol–water partition coefficient (Wildman–Crippen LogP) is 3.48. The van der Waals surface area contributed by atoms with Gasteiger partial charge in [0.1, 0.15) is 11.4 Å². The van der Waals surface area contributed by atoms with Crippen molar-refractivity contribution in [3.8, 4) is 11.1 Å². The van der Waals surface area contributed by atoms with Crippen molar-refractivity contribution >= 4 is 22.7 Å². The van der Waals surface area contributed by atoms with Gasteiger partial charge in [0.25, 0.3) is 0 Å². The van der Waals surface area contributed by atoms with Gasteiger partial charge in [0, 0.05) is 0 Å². The third-order valence-electron chi connectivity index (χ3n) is 3.72. The quantitative estimate of drug-likeness (QED) is 0.691. The average molecular weight is 321 g/mol. The fourth-order valence-electron chi connectivity index (χ4n) is 2.58. The molecule has 0 amide bonds. The van der Waals surface area contributed by atoms with E-state index >= 15 is 0 Å². The zero-order valence-electron chi connectivity index (χ0n) is 13.3. The van der Waals surface area contributed by atoms with Crippen molar-refractivity contribution in [2.24, 2.45) is 0 Å². The highest BCUT2D eigenvalue weighted by Crippen LogP contribution is 2.29. The number of benzene rings is 2. The molecule has 0 bridgehead atoms. The van der Waals surface area contributed by atoms with E-state index in [-0.39, 0.29) is 11.4 Å². The number of methoxy groups -OCH3 is 2. The van der Waals surface area contributed by atoms with Crippen LogP contribution in [0.2, 0.25) is 0 Å². The molecular formula is C19H15NO4. The fourth-order valence-corrected chi connectivity index (χ4v) is 2.58. The number of carbonyl (C=O) groups is 2. The summed E-state index contributed by atoms with van der Waals surface area (Å²) in [6.45, 7) is 0. The van der Waals surface area contributed by atoms with Crippen molar-refractivity contribution in [1.29, 1.82) is 0 Å². The number of fused-ring (bicyclic) bond motifs is 1. The van der Waals surface area contributed by atoms with E-state index in [9.17, 15) is 9.59 Å². The maximum atomic E-state index is 11.9. The van der Waals surface area contributed by atoms with Gasteiger partial charge >= 0.3 is 11.9 Å². The number of ether oxygens (including phenoxy) is 2. The minimum atomic E-state index is -0.609. The Kier molecular flexibility index (Phi) is 4.24. The van der Waals surface area contributed by atoms with E-state index in [1.807, 2.05) is 42.5 Å². The molecule has 5 nitrogen and oxygen atoms in total. The molecule has 0 unspecified atom stereocenters. The molecule has 0 saturated carbocycles. The van der Waals surface area contributed by atoms with E-state index in [4.69, 9.17) is 9.47 Å². The van der Waals surface area contributed by atoms with E-state index in [1.54, 1.807) is 12.1 Å². The van der Waals surface area contributed by atoms with Crippen molar-refractivity contribution in [3.63, 3.8) is 0 Å². The van der Waals surface area contributed by atoms with Crippen LogP contribution in [0.4, 0.5) is 0 Å². The van der Waals surface area contributed by atoms with Crippen molar-refractivity contribution < 1.29 is 19.1 Å². The van der Waals surface area contributed by atoms with E-state index in [1.165, 1.54) is 14.2 Å². The molecule has 3 aromatic rings. The van der Waals surface area contributed by atoms with Gasteiger partial charge in [-0.15, -0.1) is 0 Å². The van der Waals surface area contributed by atoms with Gasteiger partial charge in [-0.25, -0.2) is 14.6 Å². The summed E-state index contributed by atoms with van der Waals surface area (Å²) in [6.07, 6.45) is 0. The van der Waals surface area contributed by atoms with Crippen LogP contribution in [-0.2, 0) is 9.47 Å². The molecule has 0 aliphatic heterocycles. The fraction of sp³-hybridized carbons (Fsp3) is 0.105. The highest BCUT2D eigenvalue weighted by Gasteiger charge is 2.17. The van der Waals surface area contributed by atoms with Crippen LogP contribution in [0, 0.1) is 0 Å². The summed E-state index contributed by atoms with van der Waals surface area (Å²) >= 11 is 0.